The van der Waals surface area contributed by atoms with Crippen LogP contribution in [-0.4, -0.2) is 28.6 Å². The molecule has 1 aliphatic rings. The van der Waals surface area contributed by atoms with Gasteiger partial charge in [0.25, 0.3) is 0 Å². The molecule has 0 N–H and O–H groups in total. The first-order valence-corrected chi connectivity index (χ1v) is 6.70. The highest BCUT2D eigenvalue weighted by atomic mass is 16.5. The highest BCUT2D eigenvalue weighted by molar-refractivity contribution is 6.08. The predicted molar refractivity (Wildman–Crippen MR) is 69.8 cm³/mol. The zero-order chi connectivity index (χ0) is 14.0. The topological polar surface area (TPSA) is 61.2 Å². The van der Waals surface area contributed by atoms with Crippen molar-refractivity contribution in [3.63, 3.8) is 0 Å². The Morgan fingerprint density at radius 3 is 2.53 bits per heavy atom. The molecule has 0 radical (unpaired) electrons. The van der Waals surface area contributed by atoms with Crippen molar-refractivity contribution < 1.29 is 14.3 Å². The third-order valence-electron chi connectivity index (χ3n) is 3.77. The molecule has 0 spiro atoms. The monoisotopic (exact) mass is 264 g/mol. The van der Waals surface area contributed by atoms with Gasteiger partial charge >= 0.3 is 5.97 Å². The number of ether oxygens (including phenoxy) is 1. The van der Waals surface area contributed by atoms with Crippen LogP contribution in [0.2, 0.25) is 0 Å². The number of Topliss-reactive ketones (excluding diaryl/α,β-unsaturated/α-hetero) is 1. The smallest absolute Gasteiger partial charge is 0.316 e. The number of carbonyl (C=O) groups excluding carboxylic acids is 2. The molecule has 5 heteroatoms. The summed E-state index contributed by atoms with van der Waals surface area (Å²) in [6.07, 6.45) is 6.17. The zero-order valence-electron chi connectivity index (χ0n) is 11.6. The Labute approximate surface area is 112 Å². The molecule has 19 heavy (non-hydrogen) atoms. The lowest BCUT2D eigenvalue weighted by Gasteiger charge is -2.30. The minimum atomic E-state index is -0.663. The third-order valence-corrected chi connectivity index (χ3v) is 3.77. The van der Waals surface area contributed by atoms with Gasteiger partial charge in [-0.2, -0.15) is 5.10 Å². The van der Waals surface area contributed by atoms with Crippen LogP contribution in [-0.2, 0) is 9.53 Å². The van der Waals surface area contributed by atoms with E-state index in [9.17, 15) is 9.59 Å². The zero-order valence-corrected chi connectivity index (χ0v) is 11.6. The van der Waals surface area contributed by atoms with Crippen LogP contribution in [0.4, 0.5) is 0 Å². The molecule has 1 saturated carbocycles. The van der Waals surface area contributed by atoms with Crippen LogP contribution in [0.25, 0.3) is 0 Å². The molecule has 1 unspecified atom stereocenters. The second kappa shape index (κ2) is 5.55. The van der Waals surface area contributed by atoms with Gasteiger partial charge in [-0.1, -0.05) is 6.42 Å². The summed E-state index contributed by atoms with van der Waals surface area (Å²) < 4.78 is 6.50. The first-order chi connectivity index (χ1) is 9.04. The van der Waals surface area contributed by atoms with Crippen molar-refractivity contribution in [2.75, 3.05) is 7.11 Å². The first-order valence-electron chi connectivity index (χ1n) is 6.70. The van der Waals surface area contributed by atoms with Crippen LogP contribution in [0.15, 0.2) is 12.4 Å². The van der Waals surface area contributed by atoms with Crippen molar-refractivity contribution in [1.29, 1.82) is 0 Å². The Kier molecular flexibility index (Phi) is 4.02. The number of hydrogen-bond acceptors (Lipinski definition) is 4. The fraction of sp³-hybridized carbons (Fsp3) is 0.643. The number of nitrogens with zero attached hydrogens (tertiary/aromatic N) is 2. The van der Waals surface area contributed by atoms with Crippen molar-refractivity contribution in [3.8, 4) is 0 Å². The summed E-state index contributed by atoms with van der Waals surface area (Å²) in [5, 5.41) is 4.15. The number of aromatic nitrogens is 2. The number of carbonyl (C=O) groups is 2. The molecule has 0 saturated heterocycles. The Balaban J connectivity index is 2.20. The average Bonchev–Trinajstić information content (AvgIpc) is 2.81. The van der Waals surface area contributed by atoms with E-state index in [0.29, 0.717) is 5.56 Å². The van der Waals surface area contributed by atoms with E-state index in [1.807, 2.05) is 13.8 Å². The molecule has 1 fully saturated rings. The van der Waals surface area contributed by atoms with E-state index in [0.717, 1.165) is 19.3 Å². The van der Waals surface area contributed by atoms with E-state index in [1.54, 1.807) is 10.9 Å². The molecule has 1 aliphatic carbocycles. The number of methoxy groups -OCH3 is 1. The van der Waals surface area contributed by atoms with E-state index in [-0.39, 0.29) is 17.7 Å². The summed E-state index contributed by atoms with van der Waals surface area (Å²) in [7, 11) is 1.33. The summed E-state index contributed by atoms with van der Waals surface area (Å²) in [4.78, 5) is 24.3. The Hall–Kier alpha value is -1.65. The summed E-state index contributed by atoms with van der Waals surface area (Å²) in [6, 6.07) is 0.196. The molecule has 5 nitrogen and oxygen atoms in total. The van der Waals surface area contributed by atoms with Gasteiger partial charge in [-0.05, 0) is 32.6 Å². The van der Waals surface area contributed by atoms with Crippen molar-refractivity contribution >= 4 is 11.8 Å². The van der Waals surface area contributed by atoms with E-state index in [1.165, 1.54) is 13.3 Å². The largest absolute Gasteiger partial charge is 0.468 e. The van der Waals surface area contributed by atoms with Gasteiger partial charge in [-0.15, -0.1) is 0 Å². The number of rotatable bonds is 5. The summed E-state index contributed by atoms with van der Waals surface area (Å²) in [5.41, 5.74) is 0.496. The van der Waals surface area contributed by atoms with Gasteiger partial charge in [-0.25, -0.2) is 0 Å². The van der Waals surface area contributed by atoms with Crippen molar-refractivity contribution in [2.45, 2.75) is 39.2 Å². The molecule has 1 aromatic rings. The normalized spacial score (nSPS) is 17.1. The van der Waals surface area contributed by atoms with E-state index >= 15 is 0 Å². The molecule has 0 aliphatic heterocycles. The molecule has 1 aromatic heterocycles. The third kappa shape index (κ3) is 2.69. The van der Waals surface area contributed by atoms with Crippen LogP contribution in [0.3, 0.4) is 0 Å². The molecule has 1 heterocycles. The minimum absolute atomic E-state index is 0.127. The van der Waals surface area contributed by atoms with Gasteiger partial charge < -0.3 is 4.74 Å². The van der Waals surface area contributed by atoms with E-state index in [2.05, 4.69) is 5.10 Å². The highest BCUT2D eigenvalue weighted by Crippen LogP contribution is 2.35. The molecule has 2 rings (SSSR count). The van der Waals surface area contributed by atoms with Crippen LogP contribution in [0, 0.1) is 11.8 Å². The lowest BCUT2D eigenvalue weighted by Crippen LogP contribution is -2.36. The first kappa shape index (κ1) is 13.8. The molecular formula is C14H20N2O3. The maximum Gasteiger partial charge on any atom is 0.316 e. The highest BCUT2D eigenvalue weighted by Gasteiger charge is 2.39. The lowest BCUT2D eigenvalue weighted by atomic mass is 9.73. The fourth-order valence-corrected chi connectivity index (χ4v) is 2.34. The summed E-state index contributed by atoms with van der Waals surface area (Å²) in [6.45, 7) is 3.98. The Bertz CT molecular complexity index is 475. The number of ketones is 1. The second-order valence-electron chi connectivity index (χ2n) is 5.36. The van der Waals surface area contributed by atoms with Gasteiger partial charge in [0.15, 0.2) is 5.78 Å². The fourth-order valence-electron chi connectivity index (χ4n) is 2.34. The Morgan fingerprint density at radius 2 is 2.11 bits per heavy atom. The van der Waals surface area contributed by atoms with Gasteiger partial charge in [0.05, 0.1) is 18.9 Å². The number of esters is 1. The van der Waals surface area contributed by atoms with Gasteiger partial charge in [0.2, 0.25) is 0 Å². The van der Waals surface area contributed by atoms with E-state index < -0.39 is 11.9 Å². The van der Waals surface area contributed by atoms with Crippen molar-refractivity contribution in [2.24, 2.45) is 11.8 Å². The molecule has 0 aromatic carbocycles. The van der Waals surface area contributed by atoms with Gasteiger partial charge in [-0.3, -0.25) is 14.3 Å². The van der Waals surface area contributed by atoms with Crippen molar-refractivity contribution in [1.82, 2.24) is 9.78 Å². The van der Waals surface area contributed by atoms with Gasteiger partial charge in [0.1, 0.15) is 5.92 Å². The summed E-state index contributed by atoms with van der Waals surface area (Å²) >= 11 is 0. The van der Waals surface area contributed by atoms with Crippen LogP contribution in [0.5, 0.6) is 0 Å². The van der Waals surface area contributed by atoms with E-state index in [4.69, 9.17) is 4.74 Å². The summed E-state index contributed by atoms with van der Waals surface area (Å²) in [5.74, 6) is -1.12. The van der Waals surface area contributed by atoms with Crippen LogP contribution < -0.4 is 0 Å². The maximum atomic E-state index is 12.5. The average molecular weight is 264 g/mol. The van der Waals surface area contributed by atoms with Gasteiger partial charge in [0, 0.05) is 12.2 Å². The number of hydrogen-bond donors (Lipinski definition) is 0. The predicted octanol–water partition coefficient (Wildman–Crippen LogP) is 2.24. The molecule has 0 bridgehead atoms. The SMILES string of the molecule is COC(=O)C(C(=O)c1cnn(C(C)C)c1)C1CCC1. The standard InChI is InChI=1S/C14H20N2O3/c1-9(2)16-8-11(7-15-16)13(17)12(14(18)19-3)10-5-4-6-10/h7-10,12H,4-6H2,1-3H3. The molecular weight excluding hydrogens is 244 g/mol. The van der Waals surface area contributed by atoms with Crippen LogP contribution >= 0.6 is 0 Å². The van der Waals surface area contributed by atoms with Crippen LogP contribution in [0.1, 0.15) is 49.5 Å². The molecule has 1 atom stereocenters. The Morgan fingerprint density at radius 1 is 1.42 bits per heavy atom. The quantitative estimate of drug-likeness (QED) is 0.465. The molecule has 104 valence electrons. The molecule has 0 amide bonds. The maximum absolute atomic E-state index is 12.5. The van der Waals surface area contributed by atoms with Crippen molar-refractivity contribution in [3.05, 3.63) is 18.0 Å². The lowest BCUT2D eigenvalue weighted by molar-refractivity contribution is -0.146. The second-order valence-corrected chi connectivity index (χ2v) is 5.36. The minimum Gasteiger partial charge on any atom is -0.468 e.